The molecule has 0 bridgehead atoms. The first-order valence-electron chi connectivity index (χ1n) is 11.7. The number of fused-ring (bicyclic) bond motifs is 2. The van der Waals surface area contributed by atoms with E-state index in [9.17, 15) is 9.59 Å². The number of hydrogen-bond donors (Lipinski definition) is 0. The van der Waals surface area contributed by atoms with Gasteiger partial charge in [0.1, 0.15) is 17.9 Å². The summed E-state index contributed by atoms with van der Waals surface area (Å²) in [6, 6.07) is 22.5. The van der Waals surface area contributed by atoms with E-state index >= 15 is 0 Å². The summed E-state index contributed by atoms with van der Waals surface area (Å²) in [5.41, 5.74) is 3.51. The first-order chi connectivity index (χ1) is 16.9. The topological polar surface area (TPSA) is 63.0 Å². The Hall–Kier alpha value is -3.90. The summed E-state index contributed by atoms with van der Waals surface area (Å²) in [7, 11) is 3.92. The zero-order valence-electron chi connectivity index (χ0n) is 20.2. The van der Waals surface area contributed by atoms with E-state index in [4.69, 9.17) is 9.15 Å². The molecule has 5 rings (SSSR count). The summed E-state index contributed by atoms with van der Waals surface area (Å²) in [5.74, 6) is 0.550. The summed E-state index contributed by atoms with van der Waals surface area (Å²) in [6.07, 6.45) is 0. The van der Waals surface area contributed by atoms with Gasteiger partial charge < -0.3 is 19.0 Å². The van der Waals surface area contributed by atoms with E-state index in [1.807, 2.05) is 92.6 Å². The molecule has 0 saturated heterocycles. The second-order valence-corrected chi connectivity index (χ2v) is 9.22. The highest BCUT2D eigenvalue weighted by Crippen LogP contribution is 2.39. The number of carbonyl (C=O) groups excluding carboxylic acids is 1. The van der Waals surface area contributed by atoms with Crippen LogP contribution in [0.3, 0.4) is 0 Å². The zero-order valence-corrected chi connectivity index (χ0v) is 20.2. The molecule has 0 aliphatic carbocycles. The number of nitrogens with zero attached hydrogens (tertiary/aromatic N) is 2. The molecule has 0 saturated carbocycles. The lowest BCUT2D eigenvalue weighted by Gasteiger charge is -2.26. The molecule has 35 heavy (non-hydrogen) atoms. The van der Waals surface area contributed by atoms with Crippen molar-refractivity contribution in [2.45, 2.75) is 19.6 Å². The second kappa shape index (κ2) is 9.39. The monoisotopic (exact) mass is 468 g/mol. The molecule has 0 N–H and O–H groups in total. The molecule has 3 aromatic carbocycles. The van der Waals surface area contributed by atoms with Crippen molar-refractivity contribution in [1.29, 1.82) is 0 Å². The molecule has 178 valence electrons. The van der Waals surface area contributed by atoms with Crippen molar-refractivity contribution in [2.24, 2.45) is 0 Å². The van der Waals surface area contributed by atoms with E-state index in [0.717, 1.165) is 16.7 Å². The molecule has 4 aromatic rings. The maximum absolute atomic E-state index is 13.7. The van der Waals surface area contributed by atoms with Crippen molar-refractivity contribution in [3.63, 3.8) is 0 Å². The maximum atomic E-state index is 13.7. The molecule has 1 atom stereocenters. The average Bonchev–Trinajstić information content (AvgIpc) is 3.14. The van der Waals surface area contributed by atoms with Crippen molar-refractivity contribution < 1.29 is 13.9 Å². The summed E-state index contributed by atoms with van der Waals surface area (Å²) >= 11 is 0. The molecule has 1 amide bonds. The molecule has 0 radical (unpaired) electrons. The minimum atomic E-state index is -0.543. The Labute approximate surface area is 204 Å². The third-order valence-electron chi connectivity index (χ3n) is 6.33. The minimum absolute atomic E-state index is 0.130. The Kier molecular flexibility index (Phi) is 6.14. The van der Waals surface area contributed by atoms with Crippen molar-refractivity contribution in [3.05, 3.63) is 111 Å². The Morgan fingerprint density at radius 1 is 0.971 bits per heavy atom. The highest BCUT2D eigenvalue weighted by atomic mass is 16.5. The maximum Gasteiger partial charge on any atom is 0.290 e. The SMILES string of the molecule is Cc1ccc2oc3c(c(=O)c2c1)C(c1cccc(OCc2ccccc2)c1)N(CCN(C)C)C3=O. The Morgan fingerprint density at radius 2 is 1.77 bits per heavy atom. The second-order valence-electron chi connectivity index (χ2n) is 9.22. The first-order valence-corrected chi connectivity index (χ1v) is 11.7. The number of carbonyl (C=O) groups is 1. The van der Waals surface area contributed by atoms with Crippen LogP contribution in [0, 0.1) is 6.92 Å². The van der Waals surface area contributed by atoms with Crippen LogP contribution in [0.2, 0.25) is 0 Å². The van der Waals surface area contributed by atoms with Crippen LogP contribution in [0.25, 0.3) is 11.0 Å². The Bertz CT molecular complexity index is 1440. The number of likely N-dealkylation sites (N-methyl/N-ethyl adjacent to an activating group) is 1. The largest absolute Gasteiger partial charge is 0.489 e. The van der Waals surface area contributed by atoms with Gasteiger partial charge in [0.25, 0.3) is 5.91 Å². The van der Waals surface area contributed by atoms with E-state index in [-0.39, 0.29) is 17.1 Å². The number of rotatable bonds is 7. The van der Waals surface area contributed by atoms with Gasteiger partial charge in [-0.1, -0.05) is 54.1 Å². The number of hydrogen-bond acceptors (Lipinski definition) is 5. The van der Waals surface area contributed by atoms with E-state index in [2.05, 4.69) is 0 Å². The van der Waals surface area contributed by atoms with Crippen LogP contribution < -0.4 is 10.2 Å². The van der Waals surface area contributed by atoms with Crippen molar-refractivity contribution >= 4 is 16.9 Å². The Balaban J connectivity index is 1.58. The first kappa shape index (κ1) is 22.9. The molecule has 1 aromatic heterocycles. The fraction of sp³-hybridized carbons (Fsp3) is 0.241. The van der Waals surface area contributed by atoms with Gasteiger partial charge in [-0.25, -0.2) is 0 Å². The summed E-state index contributed by atoms with van der Waals surface area (Å²) in [4.78, 5) is 30.9. The highest BCUT2D eigenvalue weighted by Gasteiger charge is 2.42. The van der Waals surface area contributed by atoms with Crippen LogP contribution in [0.4, 0.5) is 0 Å². The van der Waals surface area contributed by atoms with Crippen molar-refractivity contribution in [2.75, 3.05) is 27.2 Å². The number of aryl methyl sites for hydroxylation is 1. The van der Waals surface area contributed by atoms with E-state index in [1.165, 1.54) is 0 Å². The predicted molar refractivity (Wildman–Crippen MR) is 136 cm³/mol. The average molecular weight is 469 g/mol. The van der Waals surface area contributed by atoms with E-state index < -0.39 is 6.04 Å². The standard InChI is InChI=1S/C29H28N2O4/c1-19-12-13-24-23(16-19)27(32)25-26(31(15-14-30(2)3)29(33)28(25)35-24)21-10-7-11-22(17-21)34-18-20-8-5-4-6-9-20/h4-13,16-17,26H,14-15,18H2,1-3H3. The normalized spacial score (nSPS) is 15.1. The summed E-state index contributed by atoms with van der Waals surface area (Å²) < 4.78 is 12.1. The minimum Gasteiger partial charge on any atom is -0.489 e. The van der Waals surface area contributed by atoms with E-state index in [1.54, 1.807) is 11.0 Å². The van der Waals surface area contributed by atoms with Crippen LogP contribution in [0.5, 0.6) is 5.75 Å². The molecule has 6 nitrogen and oxygen atoms in total. The lowest BCUT2D eigenvalue weighted by Crippen LogP contribution is -2.35. The molecule has 1 aliphatic heterocycles. The fourth-order valence-electron chi connectivity index (χ4n) is 4.53. The molecule has 0 fully saturated rings. The van der Waals surface area contributed by atoms with Gasteiger partial charge in [0, 0.05) is 13.1 Å². The smallest absolute Gasteiger partial charge is 0.290 e. The van der Waals surface area contributed by atoms with Crippen LogP contribution in [-0.2, 0) is 6.61 Å². The van der Waals surface area contributed by atoms with Crippen LogP contribution in [-0.4, -0.2) is 42.9 Å². The Morgan fingerprint density at radius 3 is 2.54 bits per heavy atom. The quantitative estimate of drug-likeness (QED) is 0.390. The van der Waals surface area contributed by atoms with Gasteiger partial charge in [0.05, 0.1) is 17.0 Å². The molecule has 6 heteroatoms. The number of benzene rings is 3. The van der Waals surface area contributed by atoms with Gasteiger partial charge in [-0.2, -0.15) is 0 Å². The van der Waals surface area contributed by atoms with Crippen molar-refractivity contribution in [1.82, 2.24) is 9.80 Å². The van der Waals surface area contributed by atoms with E-state index in [0.29, 0.717) is 42.0 Å². The lowest BCUT2D eigenvalue weighted by atomic mass is 9.98. The molecular weight excluding hydrogens is 440 g/mol. The summed E-state index contributed by atoms with van der Waals surface area (Å²) in [6.45, 7) is 3.49. The van der Waals surface area contributed by atoms with Crippen molar-refractivity contribution in [3.8, 4) is 5.75 Å². The number of ether oxygens (including phenoxy) is 1. The molecule has 1 unspecified atom stereocenters. The van der Waals surface area contributed by atoms with Gasteiger partial charge in [-0.05, 0) is 56.4 Å². The molecular formula is C29H28N2O4. The third kappa shape index (κ3) is 4.45. The lowest BCUT2D eigenvalue weighted by molar-refractivity contribution is 0.0716. The van der Waals surface area contributed by atoms with Gasteiger partial charge in [-0.15, -0.1) is 0 Å². The molecule has 0 spiro atoms. The van der Waals surface area contributed by atoms with Gasteiger partial charge in [0.2, 0.25) is 5.76 Å². The number of amides is 1. The van der Waals surface area contributed by atoms with Crippen LogP contribution in [0.1, 0.15) is 38.9 Å². The fourth-order valence-corrected chi connectivity index (χ4v) is 4.53. The zero-order chi connectivity index (χ0) is 24.5. The van der Waals surface area contributed by atoms with Crippen LogP contribution in [0.15, 0.2) is 82.0 Å². The van der Waals surface area contributed by atoms with Gasteiger partial charge in [-0.3, -0.25) is 9.59 Å². The van der Waals surface area contributed by atoms with Crippen LogP contribution >= 0.6 is 0 Å². The molecule has 1 aliphatic rings. The predicted octanol–water partition coefficient (Wildman–Crippen LogP) is 4.79. The highest BCUT2D eigenvalue weighted by molar-refractivity contribution is 5.99. The van der Waals surface area contributed by atoms with Gasteiger partial charge in [0.15, 0.2) is 5.43 Å². The summed E-state index contributed by atoms with van der Waals surface area (Å²) in [5, 5.41) is 0.493. The third-order valence-corrected chi connectivity index (χ3v) is 6.33. The van der Waals surface area contributed by atoms with Gasteiger partial charge >= 0.3 is 0 Å². The molecule has 2 heterocycles.